The average Bonchev–Trinajstić information content (AvgIpc) is 2.67. The number of amides is 1. The molecule has 124 valence electrons. The minimum absolute atomic E-state index is 0.184. The predicted molar refractivity (Wildman–Crippen MR) is 102 cm³/mol. The summed E-state index contributed by atoms with van der Waals surface area (Å²) >= 11 is 1.64. The monoisotopic (exact) mass is 345 g/mol. The number of carbonyl (C=O) groups excluding carboxylic acids is 1. The highest BCUT2D eigenvalue weighted by atomic mass is 32.2. The minimum Gasteiger partial charge on any atom is -0.333 e. The molecule has 3 heteroatoms. The van der Waals surface area contributed by atoms with Crippen LogP contribution in [-0.4, -0.2) is 10.8 Å². The van der Waals surface area contributed by atoms with E-state index in [1.807, 2.05) is 47.4 Å². The van der Waals surface area contributed by atoms with Crippen molar-refractivity contribution in [3.63, 3.8) is 0 Å². The third-order valence-corrected chi connectivity index (χ3v) is 5.68. The molecule has 1 aliphatic rings. The maximum atomic E-state index is 13.2. The first-order valence-electron chi connectivity index (χ1n) is 8.43. The number of hydrogen-bond donors (Lipinski definition) is 0. The van der Waals surface area contributed by atoms with Crippen LogP contribution < -0.4 is 0 Å². The molecule has 25 heavy (non-hydrogen) atoms. The molecule has 1 heterocycles. The van der Waals surface area contributed by atoms with Crippen LogP contribution in [0, 0.1) is 0 Å². The maximum Gasteiger partial charge on any atom is 0.241 e. The molecule has 3 aromatic carbocycles. The summed E-state index contributed by atoms with van der Waals surface area (Å²) in [4.78, 5) is 16.3. The minimum atomic E-state index is -0.184. The van der Waals surface area contributed by atoms with E-state index >= 15 is 0 Å². The van der Waals surface area contributed by atoms with Gasteiger partial charge in [0.05, 0.1) is 0 Å². The van der Waals surface area contributed by atoms with Gasteiger partial charge >= 0.3 is 0 Å². The average molecular weight is 345 g/mol. The lowest BCUT2D eigenvalue weighted by Crippen LogP contribution is -2.37. The van der Waals surface area contributed by atoms with E-state index in [0.717, 1.165) is 10.5 Å². The summed E-state index contributed by atoms with van der Waals surface area (Å²) in [6, 6.07) is 28.7. The summed E-state index contributed by atoms with van der Waals surface area (Å²) in [6.45, 7) is 1.33. The summed E-state index contributed by atoms with van der Waals surface area (Å²) in [5, 5.41) is -0.184. The fourth-order valence-corrected chi connectivity index (χ4v) is 4.40. The van der Waals surface area contributed by atoms with E-state index in [9.17, 15) is 4.79 Å². The Kier molecular flexibility index (Phi) is 4.57. The summed E-state index contributed by atoms with van der Waals surface area (Å²) in [7, 11) is 0. The molecule has 1 unspecified atom stereocenters. The number of carbonyl (C=O) groups is 1. The van der Waals surface area contributed by atoms with Gasteiger partial charge in [-0.15, -0.1) is 11.8 Å². The van der Waals surface area contributed by atoms with Gasteiger partial charge in [-0.3, -0.25) is 4.79 Å². The molecule has 0 aromatic heterocycles. The Morgan fingerprint density at radius 1 is 0.840 bits per heavy atom. The molecule has 4 rings (SSSR count). The zero-order chi connectivity index (χ0) is 17.1. The highest BCUT2D eigenvalue weighted by Gasteiger charge is 2.33. The van der Waals surface area contributed by atoms with Gasteiger partial charge in [0, 0.05) is 18.0 Å². The zero-order valence-corrected chi connectivity index (χ0v) is 14.7. The second-order valence-electron chi connectivity index (χ2n) is 6.19. The van der Waals surface area contributed by atoms with Gasteiger partial charge in [0.15, 0.2) is 0 Å². The SMILES string of the molecule is O=C1C(Sc2ccccc2)c2ccccc2CN1Cc1ccccc1. The number of thioether (sulfide) groups is 1. The number of hydrogen-bond acceptors (Lipinski definition) is 2. The van der Waals surface area contributed by atoms with Gasteiger partial charge in [0.2, 0.25) is 5.91 Å². The Bertz CT molecular complexity index is 863. The summed E-state index contributed by atoms with van der Waals surface area (Å²) in [5.74, 6) is 0.191. The summed E-state index contributed by atoms with van der Waals surface area (Å²) in [6.07, 6.45) is 0. The van der Waals surface area contributed by atoms with Gasteiger partial charge in [-0.25, -0.2) is 0 Å². The van der Waals surface area contributed by atoms with Crippen LogP contribution in [0.25, 0.3) is 0 Å². The molecule has 3 aromatic rings. The van der Waals surface area contributed by atoms with Gasteiger partial charge in [0.1, 0.15) is 5.25 Å². The number of rotatable bonds is 4. The smallest absolute Gasteiger partial charge is 0.241 e. The Morgan fingerprint density at radius 3 is 2.24 bits per heavy atom. The number of nitrogens with zero attached hydrogens (tertiary/aromatic N) is 1. The Balaban J connectivity index is 1.65. The molecule has 0 fully saturated rings. The molecule has 0 radical (unpaired) electrons. The van der Waals surface area contributed by atoms with Crippen molar-refractivity contribution >= 4 is 17.7 Å². The van der Waals surface area contributed by atoms with Crippen LogP contribution in [0.4, 0.5) is 0 Å². The highest BCUT2D eigenvalue weighted by molar-refractivity contribution is 8.00. The van der Waals surface area contributed by atoms with Crippen molar-refractivity contribution in [1.82, 2.24) is 4.90 Å². The Morgan fingerprint density at radius 2 is 1.48 bits per heavy atom. The van der Waals surface area contributed by atoms with Crippen LogP contribution in [0.1, 0.15) is 21.9 Å². The van der Waals surface area contributed by atoms with Crippen LogP contribution in [0.2, 0.25) is 0 Å². The second-order valence-corrected chi connectivity index (χ2v) is 7.37. The largest absolute Gasteiger partial charge is 0.333 e. The standard InChI is InChI=1S/C22H19NOS/c24-22-21(25-19-12-5-2-6-13-19)20-14-8-7-11-18(20)16-23(22)15-17-9-3-1-4-10-17/h1-14,21H,15-16H2. The third kappa shape index (κ3) is 3.47. The summed E-state index contributed by atoms with van der Waals surface area (Å²) < 4.78 is 0. The molecular weight excluding hydrogens is 326 g/mol. The van der Waals surface area contributed by atoms with Crippen LogP contribution in [-0.2, 0) is 17.9 Å². The van der Waals surface area contributed by atoms with Crippen molar-refractivity contribution in [2.24, 2.45) is 0 Å². The van der Waals surface area contributed by atoms with E-state index < -0.39 is 0 Å². The fourth-order valence-electron chi connectivity index (χ4n) is 3.20. The molecule has 0 N–H and O–H groups in total. The molecule has 0 bridgehead atoms. The van der Waals surface area contributed by atoms with E-state index in [-0.39, 0.29) is 11.2 Å². The number of fused-ring (bicyclic) bond motifs is 1. The molecule has 1 aliphatic heterocycles. The first-order chi connectivity index (χ1) is 12.3. The molecule has 0 aliphatic carbocycles. The van der Waals surface area contributed by atoms with Gasteiger partial charge in [-0.05, 0) is 28.8 Å². The maximum absolute atomic E-state index is 13.2. The van der Waals surface area contributed by atoms with Gasteiger partial charge in [-0.2, -0.15) is 0 Å². The predicted octanol–water partition coefficient (Wildman–Crippen LogP) is 5.06. The second kappa shape index (κ2) is 7.16. The lowest BCUT2D eigenvalue weighted by Gasteiger charge is -2.34. The van der Waals surface area contributed by atoms with Gasteiger partial charge in [0.25, 0.3) is 0 Å². The van der Waals surface area contributed by atoms with E-state index in [2.05, 4.69) is 42.5 Å². The molecule has 0 saturated heterocycles. The first kappa shape index (κ1) is 16.0. The lowest BCUT2D eigenvalue weighted by molar-refractivity contribution is -0.132. The molecular formula is C22H19NOS. The van der Waals surface area contributed by atoms with E-state index in [1.54, 1.807) is 11.8 Å². The quantitative estimate of drug-likeness (QED) is 0.658. The van der Waals surface area contributed by atoms with E-state index in [4.69, 9.17) is 0 Å². The molecule has 2 nitrogen and oxygen atoms in total. The van der Waals surface area contributed by atoms with Crippen molar-refractivity contribution in [3.8, 4) is 0 Å². The van der Waals surface area contributed by atoms with Crippen molar-refractivity contribution in [2.45, 2.75) is 23.2 Å². The Hall–Kier alpha value is -2.52. The molecule has 1 atom stereocenters. The van der Waals surface area contributed by atoms with Crippen LogP contribution in [0.15, 0.2) is 89.8 Å². The first-order valence-corrected chi connectivity index (χ1v) is 9.31. The fraction of sp³-hybridized carbons (Fsp3) is 0.136. The van der Waals surface area contributed by atoms with E-state index in [1.165, 1.54) is 11.1 Å². The van der Waals surface area contributed by atoms with Crippen molar-refractivity contribution in [3.05, 3.63) is 102 Å². The molecule has 0 saturated carbocycles. The highest BCUT2D eigenvalue weighted by Crippen LogP contribution is 2.41. The molecule has 1 amide bonds. The Labute approximate surface area is 152 Å². The van der Waals surface area contributed by atoms with Crippen LogP contribution in [0.3, 0.4) is 0 Å². The number of benzene rings is 3. The van der Waals surface area contributed by atoms with Crippen molar-refractivity contribution in [1.29, 1.82) is 0 Å². The van der Waals surface area contributed by atoms with Gasteiger partial charge in [-0.1, -0.05) is 72.8 Å². The topological polar surface area (TPSA) is 20.3 Å². The van der Waals surface area contributed by atoms with Crippen molar-refractivity contribution in [2.75, 3.05) is 0 Å². The van der Waals surface area contributed by atoms with Crippen LogP contribution >= 0.6 is 11.8 Å². The lowest BCUT2D eigenvalue weighted by atomic mass is 9.98. The summed E-state index contributed by atoms with van der Waals surface area (Å²) in [5.41, 5.74) is 3.55. The van der Waals surface area contributed by atoms with Gasteiger partial charge < -0.3 is 4.90 Å². The normalized spacial score (nSPS) is 16.6. The third-order valence-electron chi connectivity index (χ3n) is 4.45. The molecule has 0 spiro atoms. The zero-order valence-electron chi connectivity index (χ0n) is 13.8. The van der Waals surface area contributed by atoms with Crippen molar-refractivity contribution < 1.29 is 4.79 Å². The van der Waals surface area contributed by atoms with Crippen LogP contribution in [0.5, 0.6) is 0 Å². The van der Waals surface area contributed by atoms with E-state index in [0.29, 0.717) is 13.1 Å².